The molecule has 1 saturated heterocycles. The first kappa shape index (κ1) is 20.7. The van der Waals surface area contributed by atoms with Gasteiger partial charge in [0.15, 0.2) is 6.61 Å². The number of likely N-dealkylation sites (tertiary alicyclic amines) is 1. The molecule has 1 N–H and O–H groups in total. The van der Waals surface area contributed by atoms with E-state index in [1.807, 2.05) is 6.92 Å². The molecule has 0 unspecified atom stereocenters. The minimum absolute atomic E-state index is 0.199. The standard InChI is InChI=1S/C20H28N2O5/c1-4-26-17-8-6-5-7-16(17)20(25)21-10-19(24)27-13-18(23)22-11-14(2)9-15(3)12-22/h5-8,14-15H,4,9-13H2,1-3H3,(H,21,25)/t14-,15-/m0/s1. The van der Waals surface area contributed by atoms with E-state index in [9.17, 15) is 14.4 Å². The van der Waals surface area contributed by atoms with E-state index >= 15 is 0 Å². The van der Waals surface area contributed by atoms with Crippen molar-refractivity contribution in [3.63, 3.8) is 0 Å². The number of hydrogen-bond acceptors (Lipinski definition) is 5. The molecule has 1 heterocycles. The Morgan fingerprint density at radius 3 is 2.48 bits per heavy atom. The van der Waals surface area contributed by atoms with Gasteiger partial charge in [0.2, 0.25) is 0 Å². The average Bonchev–Trinajstić information content (AvgIpc) is 2.64. The number of ether oxygens (including phenoxy) is 2. The van der Waals surface area contributed by atoms with Crippen molar-refractivity contribution in [3.05, 3.63) is 29.8 Å². The van der Waals surface area contributed by atoms with Gasteiger partial charge in [-0.1, -0.05) is 26.0 Å². The van der Waals surface area contributed by atoms with Crippen molar-refractivity contribution >= 4 is 17.8 Å². The van der Waals surface area contributed by atoms with Gasteiger partial charge < -0.3 is 19.7 Å². The maximum absolute atomic E-state index is 12.2. The van der Waals surface area contributed by atoms with Crippen LogP contribution >= 0.6 is 0 Å². The summed E-state index contributed by atoms with van der Waals surface area (Å²) >= 11 is 0. The zero-order valence-corrected chi connectivity index (χ0v) is 16.2. The van der Waals surface area contributed by atoms with E-state index in [0.29, 0.717) is 42.8 Å². The Bertz CT molecular complexity index is 666. The summed E-state index contributed by atoms with van der Waals surface area (Å²) in [6.07, 6.45) is 1.10. The highest BCUT2D eigenvalue weighted by molar-refractivity contribution is 5.98. The van der Waals surface area contributed by atoms with Gasteiger partial charge >= 0.3 is 5.97 Å². The minimum Gasteiger partial charge on any atom is -0.493 e. The molecule has 148 valence electrons. The molecule has 2 amide bonds. The maximum Gasteiger partial charge on any atom is 0.325 e. The van der Waals surface area contributed by atoms with Crippen molar-refractivity contribution in [1.29, 1.82) is 0 Å². The van der Waals surface area contributed by atoms with Crippen molar-refractivity contribution in [2.45, 2.75) is 27.2 Å². The second-order valence-corrected chi connectivity index (χ2v) is 7.02. The van der Waals surface area contributed by atoms with Gasteiger partial charge in [0.25, 0.3) is 11.8 Å². The molecule has 7 heteroatoms. The first-order chi connectivity index (χ1) is 12.9. The Labute approximate surface area is 160 Å². The number of rotatable bonds is 7. The SMILES string of the molecule is CCOc1ccccc1C(=O)NCC(=O)OCC(=O)N1C[C@@H](C)C[C@H](C)C1. The summed E-state index contributed by atoms with van der Waals surface area (Å²) in [5, 5.41) is 2.50. The topological polar surface area (TPSA) is 84.9 Å². The second-order valence-electron chi connectivity index (χ2n) is 7.02. The van der Waals surface area contributed by atoms with Gasteiger partial charge in [-0.3, -0.25) is 14.4 Å². The van der Waals surface area contributed by atoms with Gasteiger partial charge in [0.05, 0.1) is 12.2 Å². The molecule has 0 aromatic heterocycles. The summed E-state index contributed by atoms with van der Waals surface area (Å²) in [7, 11) is 0. The molecule has 2 atom stereocenters. The maximum atomic E-state index is 12.2. The lowest BCUT2D eigenvalue weighted by Gasteiger charge is -2.34. The van der Waals surface area contributed by atoms with Crippen LogP contribution in [0.3, 0.4) is 0 Å². The van der Waals surface area contributed by atoms with E-state index in [2.05, 4.69) is 19.2 Å². The number of amides is 2. The Morgan fingerprint density at radius 2 is 1.81 bits per heavy atom. The van der Waals surface area contributed by atoms with Crippen LogP contribution in [0.4, 0.5) is 0 Å². The van der Waals surface area contributed by atoms with E-state index in [1.54, 1.807) is 29.2 Å². The molecule has 1 aliphatic rings. The summed E-state index contributed by atoms with van der Waals surface area (Å²) in [5.41, 5.74) is 0.347. The lowest BCUT2D eigenvalue weighted by Crippen LogP contribution is -2.44. The molecule has 0 bridgehead atoms. The molecular weight excluding hydrogens is 348 g/mol. The molecule has 1 aliphatic heterocycles. The largest absolute Gasteiger partial charge is 0.493 e. The Balaban J connectivity index is 1.77. The number of para-hydroxylation sites is 1. The first-order valence-electron chi connectivity index (χ1n) is 9.34. The smallest absolute Gasteiger partial charge is 0.325 e. The number of carbonyl (C=O) groups is 3. The van der Waals surface area contributed by atoms with E-state index in [1.165, 1.54) is 0 Å². The molecule has 1 aromatic rings. The fourth-order valence-electron chi connectivity index (χ4n) is 3.33. The van der Waals surface area contributed by atoms with Crippen molar-refractivity contribution in [2.75, 3.05) is 32.8 Å². The summed E-state index contributed by atoms with van der Waals surface area (Å²) in [5.74, 6) is 0.0602. The van der Waals surface area contributed by atoms with Crippen molar-refractivity contribution < 1.29 is 23.9 Å². The highest BCUT2D eigenvalue weighted by atomic mass is 16.5. The molecule has 1 fully saturated rings. The van der Waals surface area contributed by atoms with Crippen molar-refractivity contribution in [3.8, 4) is 5.75 Å². The summed E-state index contributed by atoms with van der Waals surface area (Å²) in [6, 6.07) is 6.79. The van der Waals surface area contributed by atoms with Gasteiger partial charge in [-0.2, -0.15) is 0 Å². The van der Waals surface area contributed by atoms with Crippen LogP contribution in [0, 0.1) is 11.8 Å². The molecule has 0 aliphatic carbocycles. The zero-order valence-electron chi connectivity index (χ0n) is 16.2. The van der Waals surface area contributed by atoms with Crippen molar-refractivity contribution in [1.82, 2.24) is 10.2 Å². The third kappa shape index (κ3) is 6.27. The van der Waals surface area contributed by atoms with E-state index in [-0.39, 0.29) is 19.1 Å². The molecule has 0 saturated carbocycles. The number of carbonyl (C=O) groups excluding carboxylic acids is 3. The average molecular weight is 376 g/mol. The molecular formula is C20H28N2O5. The monoisotopic (exact) mass is 376 g/mol. The summed E-state index contributed by atoms with van der Waals surface area (Å²) < 4.78 is 10.4. The number of nitrogens with zero attached hydrogens (tertiary/aromatic N) is 1. The summed E-state index contributed by atoms with van der Waals surface area (Å²) in [6.45, 7) is 7.24. The summed E-state index contributed by atoms with van der Waals surface area (Å²) in [4.78, 5) is 38.0. The lowest BCUT2D eigenvalue weighted by molar-refractivity contribution is -0.152. The normalized spacial score (nSPS) is 19.3. The fraction of sp³-hybridized carbons (Fsp3) is 0.550. The molecule has 2 rings (SSSR count). The van der Waals surface area contributed by atoms with Crippen LogP contribution in [0.2, 0.25) is 0 Å². The highest BCUT2D eigenvalue weighted by Crippen LogP contribution is 2.21. The highest BCUT2D eigenvalue weighted by Gasteiger charge is 2.26. The van der Waals surface area contributed by atoms with Crippen LogP contribution in [-0.2, 0) is 14.3 Å². The van der Waals surface area contributed by atoms with Gasteiger partial charge in [0.1, 0.15) is 12.3 Å². The first-order valence-corrected chi connectivity index (χ1v) is 9.34. The predicted molar refractivity (Wildman–Crippen MR) is 100 cm³/mol. The van der Waals surface area contributed by atoms with Gasteiger partial charge in [-0.25, -0.2) is 0 Å². The van der Waals surface area contributed by atoms with Crippen molar-refractivity contribution in [2.24, 2.45) is 11.8 Å². The second kappa shape index (κ2) is 9.94. The zero-order chi connectivity index (χ0) is 19.8. The number of benzene rings is 1. The van der Waals surface area contributed by atoms with Crippen LogP contribution < -0.4 is 10.1 Å². The third-order valence-electron chi connectivity index (χ3n) is 4.40. The van der Waals surface area contributed by atoms with Crippen LogP contribution in [0.1, 0.15) is 37.6 Å². The Morgan fingerprint density at radius 1 is 1.15 bits per heavy atom. The molecule has 7 nitrogen and oxygen atoms in total. The van der Waals surface area contributed by atoms with Gasteiger partial charge in [-0.05, 0) is 37.3 Å². The molecule has 1 aromatic carbocycles. The van der Waals surface area contributed by atoms with Crippen LogP contribution in [0.5, 0.6) is 5.75 Å². The van der Waals surface area contributed by atoms with Crippen LogP contribution in [0.15, 0.2) is 24.3 Å². The van der Waals surface area contributed by atoms with Crippen LogP contribution in [-0.4, -0.2) is 55.5 Å². The number of nitrogens with one attached hydrogen (secondary N) is 1. The molecule has 27 heavy (non-hydrogen) atoms. The quantitative estimate of drug-likeness (QED) is 0.734. The Hall–Kier alpha value is -2.57. The van der Waals surface area contributed by atoms with Crippen LogP contribution in [0.25, 0.3) is 0 Å². The number of hydrogen-bond donors (Lipinski definition) is 1. The van der Waals surface area contributed by atoms with E-state index < -0.39 is 11.9 Å². The number of piperidine rings is 1. The minimum atomic E-state index is -0.649. The lowest BCUT2D eigenvalue weighted by atomic mass is 9.92. The van der Waals surface area contributed by atoms with Gasteiger partial charge in [0, 0.05) is 13.1 Å². The fourth-order valence-corrected chi connectivity index (χ4v) is 3.33. The van der Waals surface area contributed by atoms with E-state index in [4.69, 9.17) is 9.47 Å². The number of esters is 1. The molecule has 0 spiro atoms. The third-order valence-corrected chi connectivity index (χ3v) is 4.40. The molecule has 0 radical (unpaired) electrons. The predicted octanol–water partition coefficient (Wildman–Crippen LogP) is 1.86. The van der Waals surface area contributed by atoms with Gasteiger partial charge in [-0.15, -0.1) is 0 Å². The van der Waals surface area contributed by atoms with E-state index in [0.717, 1.165) is 6.42 Å². The Kier molecular flexibility index (Phi) is 7.64.